The van der Waals surface area contributed by atoms with Crippen LogP contribution in [0.3, 0.4) is 0 Å². The van der Waals surface area contributed by atoms with Gasteiger partial charge in [-0.1, -0.05) is 76.0 Å². The fourth-order valence-corrected chi connectivity index (χ4v) is 4.81. The van der Waals surface area contributed by atoms with E-state index < -0.39 is 55.1 Å². The van der Waals surface area contributed by atoms with Crippen molar-refractivity contribution < 1.29 is 34.1 Å². The van der Waals surface area contributed by atoms with Crippen LogP contribution in [0.1, 0.15) is 30.4 Å². The number of carbonyl (C=O) groups is 1. The van der Waals surface area contributed by atoms with Gasteiger partial charge in [0.2, 0.25) is 0 Å². The number of amides is 1. The highest BCUT2D eigenvalue weighted by molar-refractivity contribution is 5.66. The number of hydrogen-bond acceptors (Lipinski definition) is 10. The lowest BCUT2D eigenvalue weighted by atomic mass is 9.84. The number of nitrogens with zero attached hydrogens (tertiary/aromatic N) is 10. The zero-order chi connectivity index (χ0) is 30.6. The molecule has 2 fully saturated rings. The molecule has 0 spiro atoms. The van der Waals surface area contributed by atoms with Crippen LogP contribution in [0.5, 0.6) is 0 Å². The Kier molecular flexibility index (Phi) is 11.4. The minimum atomic E-state index is -1.64. The van der Waals surface area contributed by atoms with Gasteiger partial charge in [0, 0.05) is 21.2 Å². The van der Waals surface area contributed by atoms with Gasteiger partial charge in [-0.05, 0) is 40.6 Å². The van der Waals surface area contributed by atoms with Crippen molar-refractivity contribution >= 4 is 6.09 Å². The first-order valence-electron chi connectivity index (χ1n) is 13.4. The van der Waals surface area contributed by atoms with Crippen molar-refractivity contribution in [3.63, 3.8) is 0 Å². The zero-order valence-corrected chi connectivity index (χ0v) is 22.8. The lowest BCUT2D eigenvalue weighted by Crippen LogP contribution is -2.58. The predicted octanol–water partition coefficient (Wildman–Crippen LogP) is 4.77. The number of hydroxylamine groups is 2. The van der Waals surface area contributed by atoms with E-state index in [0.717, 1.165) is 16.2 Å². The molecule has 0 bridgehead atoms. The SMILES string of the molecule is [N-]=[N+]=NC1CCC(ON(Cc2ccccc2)C(=O)OCc2ccccc2)OC1OC1C(N=[N+]=[N-])CC(N=[N+]=[N-])C(O)C1O. The van der Waals surface area contributed by atoms with Crippen LogP contribution in [0.4, 0.5) is 4.79 Å². The van der Waals surface area contributed by atoms with E-state index in [1.807, 2.05) is 48.5 Å². The van der Waals surface area contributed by atoms with Crippen molar-refractivity contribution in [1.82, 2.24) is 5.06 Å². The molecule has 2 aromatic carbocycles. The number of aliphatic hydroxyl groups excluding tert-OH is 2. The van der Waals surface area contributed by atoms with Gasteiger partial charge in [0.25, 0.3) is 0 Å². The summed E-state index contributed by atoms with van der Waals surface area (Å²) in [7, 11) is 0. The standard InChI is InChI=1S/C26H30N10O7/c27-33-30-18-11-12-21(41-25(18)42-24-20(32-35-29)13-19(31-34-28)22(37)23(24)38)43-36(14-16-7-3-1-4-8-16)26(39)40-15-17-9-5-2-6-10-17/h1-10,18-25,37-38H,11-15H2. The molecule has 8 unspecified atom stereocenters. The smallest absolute Gasteiger partial charge is 0.434 e. The first-order valence-corrected chi connectivity index (χ1v) is 13.4. The molecule has 1 amide bonds. The van der Waals surface area contributed by atoms with Crippen molar-refractivity contribution in [2.45, 2.75) is 81.4 Å². The summed E-state index contributed by atoms with van der Waals surface area (Å²) < 4.78 is 17.4. The highest BCUT2D eigenvalue weighted by Crippen LogP contribution is 2.33. The number of aliphatic hydroxyl groups is 2. The maximum atomic E-state index is 13.1. The van der Waals surface area contributed by atoms with E-state index in [1.165, 1.54) is 0 Å². The average Bonchev–Trinajstić information content (AvgIpc) is 3.02. The summed E-state index contributed by atoms with van der Waals surface area (Å²) in [5, 5.41) is 33.1. The molecule has 43 heavy (non-hydrogen) atoms. The molecule has 2 N–H and O–H groups in total. The first-order chi connectivity index (χ1) is 20.9. The number of azide groups is 3. The predicted molar refractivity (Wildman–Crippen MR) is 148 cm³/mol. The van der Waals surface area contributed by atoms with Crippen molar-refractivity contribution in [1.29, 1.82) is 0 Å². The van der Waals surface area contributed by atoms with Crippen molar-refractivity contribution in [3.8, 4) is 0 Å². The Bertz CT molecular complexity index is 1350. The summed E-state index contributed by atoms with van der Waals surface area (Å²) in [5.41, 5.74) is 28.5. The molecule has 4 rings (SSSR count). The van der Waals surface area contributed by atoms with Gasteiger partial charge in [-0.25, -0.2) is 9.63 Å². The zero-order valence-electron chi connectivity index (χ0n) is 22.8. The lowest BCUT2D eigenvalue weighted by Gasteiger charge is -2.43. The fourth-order valence-electron chi connectivity index (χ4n) is 4.81. The summed E-state index contributed by atoms with van der Waals surface area (Å²) >= 11 is 0. The third kappa shape index (κ3) is 8.49. The number of carbonyl (C=O) groups excluding carboxylic acids is 1. The Hall–Kier alpha value is -4.56. The Labute approximate surface area is 245 Å². The minimum absolute atomic E-state index is 0.00404. The van der Waals surface area contributed by atoms with Crippen LogP contribution in [-0.2, 0) is 32.2 Å². The van der Waals surface area contributed by atoms with Gasteiger partial charge in [-0.3, -0.25) is 0 Å². The number of rotatable bonds is 11. The summed E-state index contributed by atoms with van der Waals surface area (Å²) in [6.07, 6.45) is -7.38. The van der Waals surface area contributed by atoms with E-state index in [9.17, 15) is 15.0 Å². The molecule has 17 heteroatoms. The van der Waals surface area contributed by atoms with Gasteiger partial charge in [0.15, 0.2) is 12.6 Å². The Morgan fingerprint density at radius 1 is 0.860 bits per heavy atom. The normalized spacial score (nSPS) is 28.3. The minimum Gasteiger partial charge on any atom is -0.443 e. The fraction of sp³-hybridized carbons (Fsp3) is 0.500. The molecule has 2 aromatic rings. The van der Waals surface area contributed by atoms with Gasteiger partial charge in [-0.2, -0.15) is 5.06 Å². The summed E-state index contributed by atoms with van der Waals surface area (Å²) in [5.74, 6) is 0. The molecule has 1 heterocycles. The highest BCUT2D eigenvalue weighted by Gasteiger charge is 2.46. The van der Waals surface area contributed by atoms with Crippen molar-refractivity contribution in [2.24, 2.45) is 15.3 Å². The number of hydrogen-bond donors (Lipinski definition) is 2. The second-order valence-corrected chi connectivity index (χ2v) is 9.81. The van der Waals surface area contributed by atoms with Gasteiger partial charge in [-0.15, -0.1) is 0 Å². The molecule has 226 valence electrons. The van der Waals surface area contributed by atoms with E-state index >= 15 is 0 Å². The average molecular weight is 595 g/mol. The van der Waals surface area contributed by atoms with Crippen molar-refractivity contribution in [2.75, 3.05) is 0 Å². The van der Waals surface area contributed by atoms with Gasteiger partial charge < -0.3 is 24.4 Å². The molecular formula is C26H30N10O7. The van der Waals surface area contributed by atoms with Crippen LogP contribution in [-0.4, -0.2) is 70.4 Å². The number of benzene rings is 2. The summed E-state index contributed by atoms with van der Waals surface area (Å²) in [6.45, 7) is 0.0248. The van der Waals surface area contributed by atoms with Crippen molar-refractivity contribution in [3.05, 3.63) is 103 Å². The van der Waals surface area contributed by atoms with E-state index in [4.69, 9.17) is 35.6 Å². The molecule has 1 aliphatic heterocycles. The molecular weight excluding hydrogens is 564 g/mol. The van der Waals surface area contributed by atoms with Gasteiger partial charge in [0.1, 0.15) is 12.7 Å². The summed E-state index contributed by atoms with van der Waals surface area (Å²) in [6, 6.07) is 15.2. The topological polar surface area (TPSA) is 244 Å². The second kappa shape index (κ2) is 15.6. The monoisotopic (exact) mass is 594 g/mol. The Morgan fingerprint density at radius 2 is 1.47 bits per heavy atom. The molecule has 1 saturated carbocycles. The Balaban J connectivity index is 1.50. The maximum absolute atomic E-state index is 13.1. The maximum Gasteiger partial charge on any atom is 0.434 e. The van der Waals surface area contributed by atoms with Gasteiger partial charge in [0.05, 0.1) is 36.9 Å². The third-order valence-corrected chi connectivity index (χ3v) is 6.95. The third-order valence-electron chi connectivity index (χ3n) is 6.95. The molecule has 1 aliphatic carbocycles. The molecule has 17 nitrogen and oxygen atoms in total. The van der Waals surface area contributed by atoms with Crippen LogP contribution < -0.4 is 0 Å². The van der Waals surface area contributed by atoms with Crippen LogP contribution in [0.15, 0.2) is 76.0 Å². The summed E-state index contributed by atoms with van der Waals surface area (Å²) in [4.78, 5) is 27.3. The molecule has 2 aliphatic rings. The van der Waals surface area contributed by atoms with E-state index in [1.54, 1.807) is 12.1 Å². The quantitative estimate of drug-likeness (QED) is 0.159. The second-order valence-electron chi connectivity index (χ2n) is 9.81. The van der Waals surface area contributed by atoms with Crippen LogP contribution >= 0.6 is 0 Å². The molecule has 8 atom stereocenters. The first kappa shape index (κ1) is 31.4. The Morgan fingerprint density at radius 3 is 2.12 bits per heavy atom. The van der Waals surface area contributed by atoms with E-state index in [-0.39, 0.29) is 32.4 Å². The molecule has 1 saturated heterocycles. The molecule has 0 aromatic heterocycles. The van der Waals surface area contributed by atoms with E-state index in [2.05, 4.69) is 30.1 Å². The van der Waals surface area contributed by atoms with Crippen LogP contribution in [0, 0.1) is 0 Å². The highest BCUT2D eigenvalue weighted by atomic mass is 16.8. The number of ether oxygens (including phenoxy) is 3. The molecule has 0 radical (unpaired) electrons. The van der Waals surface area contributed by atoms with Gasteiger partial charge >= 0.3 is 6.09 Å². The van der Waals surface area contributed by atoms with Crippen LogP contribution in [0.25, 0.3) is 31.3 Å². The van der Waals surface area contributed by atoms with Crippen LogP contribution in [0.2, 0.25) is 0 Å². The lowest BCUT2D eigenvalue weighted by molar-refractivity contribution is -0.343. The van der Waals surface area contributed by atoms with E-state index in [0.29, 0.717) is 0 Å². The largest absolute Gasteiger partial charge is 0.443 e.